The van der Waals surface area contributed by atoms with Crippen molar-refractivity contribution < 1.29 is 9.18 Å². The highest BCUT2D eigenvalue weighted by Crippen LogP contribution is 2.30. The van der Waals surface area contributed by atoms with Crippen molar-refractivity contribution in [1.82, 2.24) is 9.13 Å². The molecule has 0 spiro atoms. The standard InChI is InChI=1S/C13H11FN2O/c1-15-9(7-17)6-11-10-4-3-8(14)5-12(10)16(2)13(11)15/h3-7H,1-2H3. The van der Waals surface area contributed by atoms with Crippen LogP contribution in [0.2, 0.25) is 0 Å². The predicted molar refractivity (Wildman–Crippen MR) is 64.7 cm³/mol. The van der Waals surface area contributed by atoms with E-state index < -0.39 is 0 Å². The Hall–Kier alpha value is -2.10. The first-order valence-corrected chi connectivity index (χ1v) is 5.32. The van der Waals surface area contributed by atoms with Gasteiger partial charge in [0.05, 0.1) is 11.2 Å². The number of benzene rings is 1. The Bertz CT molecular complexity index is 752. The van der Waals surface area contributed by atoms with E-state index in [4.69, 9.17) is 0 Å². The van der Waals surface area contributed by atoms with Gasteiger partial charge < -0.3 is 9.13 Å². The third kappa shape index (κ3) is 1.18. The Morgan fingerprint density at radius 1 is 1.12 bits per heavy atom. The molecule has 0 aliphatic carbocycles. The van der Waals surface area contributed by atoms with Crippen LogP contribution in [0.1, 0.15) is 10.5 Å². The molecule has 3 nitrogen and oxygen atoms in total. The maximum atomic E-state index is 13.2. The van der Waals surface area contributed by atoms with Gasteiger partial charge in [-0.3, -0.25) is 4.79 Å². The number of aromatic nitrogens is 2. The van der Waals surface area contributed by atoms with E-state index in [0.717, 1.165) is 28.2 Å². The minimum absolute atomic E-state index is 0.251. The van der Waals surface area contributed by atoms with E-state index in [1.807, 2.05) is 29.3 Å². The molecule has 0 N–H and O–H groups in total. The zero-order valence-electron chi connectivity index (χ0n) is 9.57. The van der Waals surface area contributed by atoms with Crippen molar-refractivity contribution >= 4 is 28.2 Å². The maximum Gasteiger partial charge on any atom is 0.166 e. The molecule has 17 heavy (non-hydrogen) atoms. The monoisotopic (exact) mass is 230 g/mol. The van der Waals surface area contributed by atoms with Crippen LogP contribution < -0.4 is 0 Å². The van der Waals surface area contributed by atoms with Crippen LogP contribution >= 0.6 is 0 Å². The summed E-state index contributed by atoms with van der Waals surface area (Å²) in [5.74, 6) is -0.251. The van der Waals surface area contributed by atoms with Crippen molar-refractivity contribution in [1.29, 1.82) is 0 Å². The van der Waals surface area contributed by atoms with Crippen LogP contribution in [0.3, 0.4) is 0 Å². The Balaban J connectivity index is 2.57. The summed E-state index contributed by atoms with van der Waals surface area (Å²) in [6.07, 6.45) is 0.829. The van der Waals surface area contributed by atoms with Crippen LogP contribution in [0, 0.1) is 5.82 Å². The normalized spacial score (nSPS) is 11.5. The number of hydrogen-bond donors (Lipinski definition) is 0. The van der Waals surface area contributed by atoms with Crippen LogP contribution in [0.25, 0.3) is 21.9 Å². The fourth-order valence-corrected chi connectivity index (χ4v) is 2.45. The van der Waals surface area contributed by atoms with Gasteiger partial charge in [0.25, 0.3) is 0 Å². The quantitative estimate of drug-likeness (QED) is 0.590. The summed E-state index contributed by atoms with van der Waals surface area (Å²) in [5.41, 5.74) is 2.38. The summed E-state index contributed by atoms with van der Waals surface area (Å²) in [7, 11) is 3.71. The average Bonchev–Trinajstić information content (AvgIpc) is 2.77. The Kier molecular flexibility index (Phi) is 1.90. The van der Waals surface area contributed by atoms with Gasteiger partial charge in [0.1, 0.15) is 11.5 Å². The molecule has 1 aromatic carbocycles. The molecule has 86 valence electrons. The van der Waals surface area contributed by atoms with Gasteiger partial charge in [-0.05, 0) is 24.3 Å². The zero-order valence-corrected chi connectivity index (χ0v) is 9.57. The van der Waals surface area contributed by atoms with Gasteiger partial charge in [-0.1, -0.05) is 0 Å². The van der Waals surface area contributed by atoms with E-state index in [0.29, 0.717) is 5.69 Å². The predicted octanol–water partition coefficient (Wildman–Crippen LogP) is 2.62. The van der Waals surface area contributed by atoms with Gasteiger partial charge in [0.15, 0.2) is 6.29 Å². The molecular formula is C13H11FN2O. The van der Waals surface area contributed by atoms with Crippen molar-refractivity contribution in [2.45, 2.75) is 0 Å². The first kappa shape index (κ1) is 10.1. The summed E-state index contributed by atoms with van der Waals surface area (Å²) < 4.78 is 16.9. The maximum absolute atomic E-state index is 13.2. The topological polar surface area (TPSA) is 26.9 Å². The van der Waals surface area contributed by atoms with Gasteiger partial charge in [0.2, 0.25) is 0 Å². The molecule has 0 aliphatic rings. The van der Waals surface area contributed by atoms with E-state index in [2.05, 4.69) is 0 Å². The highest BCUT2D eigenvalue weighted by atomic mass is 19.1. The van der Waals surface area contributed by atoms with Crippen LogP contribution in [0.5, 0.6) is 0 Å². The van der Waals surface area contributed by atoms with Crippen molar-refractivity contribution in [2.75, 3.05) is 0 Å². The highest BCUT2D eigenvalue weighted by molar-refractivity contribution is 6.09. The summed E-state index contributed by atoms with van der Waals surface area (Å²) in [4.78, 5) is 10.9. The number of fused-ring (bicyclic) bond motifs is 3. The van der Waals surface area contributed by atoms with Crippen molar-refractivity contribution in [3.8, 4) is 0 Å². The minimum Gasteiger partial charge on any atom is -0.330 e. The molecule has 3 aromatic rings. The van der Waals surface area contributed by atoms with Gasteiger partial charge in [0, 0.05) is 24.9 Å². The van der Waals surface area contributed by atoms with E-state index in [1.165, 1.54) is 12.1 Å². The lowest BCUT2D eigenvalue weighted by molar-refractivity contribution is 0.111. The molecule has 0 atom stereocenters. The SMILES string of the molecule is Cn1c(C=O)cc2c3ccc(F)cc3n(C)c21. The minimum atomic E-state index is -0.251. The van der Waals surface area contributed by atoms with Crippen LogP contribution in [0.4, 0.5) is 4.39 Å². The molecule has 0 saturated heterocycles. The first-order valence-electron chi connectivity index (χ1n) is 5.32. The molecule has 3 rings (SSSR count). The van der Waals surface area contributed by atoms with Crippen molar-refractivity contribution in [3.63, 3.8) is 0 Å². The molecule has 0 aliphatic heterocycles. The molecule has 0 bridgehead atoms. The fraction of sp³-hybridized carbons (Fsp3) is 0.154. The molecule has 2 aromatic heterocycles. The second-order valence-corrected chi connectivity index (χ2v) is 4.20. The van der Waals surface area contributed by atoms with Crippen LogP contribution in [0.15, 0.2) is 24.3 Å². The molecule has 0 saturated carbocycles. The number of aryl methyl sites for hydroxylation is 2. The van der Waals surface area contributed by atoms with E-state index in [-0.39, 0.29) is 5.82 Å². The fourth-order valence-electron chi connectivity index (χ4n) is 2.45. The molecular weight excluding hydrogens is 219 g/mol. The van der Waals surface area contributed by atoms with E-state index in [9.17, 15) is 9.18 Å². The number of rotatable bonds is 1. The van der Waals surface area contributed by atoms with Crippen molar-refractivity contribution in [3.05, 3.63) is 35.8 Å². The lowest BCUT2D eigenvalue weighted by Crippen LogP contribution is -1.99. The average molecular weight is 230 g/mol. The summed E-state index contributed by atoms with van der Waals surface area (Å²) in [6.45, 7) is 0. The number of carbonyl (C=O) groups excluding carboxylic acids is 1. The zero-order chi connectivity index (χ0) is 12.2. The number of aldehydes is 1. The van der Waals surface area contributed by atoms with Gasteiger partial charge >= 0.3 is 0 Å². The summed E-state index contributed by atoms with van der Waals surface area (Å²) >= 11 is 0. The number of carbonyl (C=O) groups is 1. The molecule has 0 amide bonds. The second kappa shape index (κ2) is 3.20. The Morgan fingerprint density at radius 2 is 1.88 bits per heavy atom. The van der Waals surface area contributed by atoms with Crippen LogP contribution in [-0.4, -0.2) is 15.4 Å². The molecule has 0 unspecified atom stereocenters. The van der Waals surface area contributed by atoms with Crippen molar-refractivity contribution in [2.24, 2.45) is 14.1 Å². The third-order valence-electron chi connectivity index (χ3n) is 3.29. The van der Waals surface area contributed by atoms with Crippen LogP contribution in [-0.2, 0) is 14.1 Å². The number of nitrogens with zero attached hydrogens (tertiary/aromatic N) is 2. The molecule has 0 radical (unpaired) electrons. The largest absolute Gasteiger partial charge is 0.330 e. The first-order chi connectivity index (χ1) is 8.13. The summed E-state index contributed by atoms with van der Waals surface area (Å²) in [6, 6.07) is 6.54. The van der Waals surface area contributed by atoms with E-state index in [1.54, 1.807) is 6.07 Å². The van der Waals surface area contributed by atoms with Gasteiger partial charge in [-0.25, -0.2) is 4.39 Å². The van der Waals surface area contributed by atoms with Gasteiger partial charge in [-0.2, -0.15) is 0 Å². The Morgan fingerprint density at radius 3 is 2.59 bits per heavy atom. The highest BCUT2D eigenvalue weighted by Gasteiger charge is 2.14. The van der Waals surface area contributed by atoms with E-state index >= 15 is 0 Å². The molecule has 4 heteroatoms. The summed E-state index contributed by atoms with van der Waals surface area (Å²) in [5, 5.41) is 1.94. The lowest BCUT2D eigenvalue weighted by atomic mass is 10.2. The second-order valence-electron chi connectivity index (χ2n) is 4.20. The molecule has 2 heterocycles. The molecule has 0 fully saturated rings. The smallest absolute Gasteiger partial charge is 0.166 e. The number of halogens is 1. The Labute approximate surface area is 97.1 Å². The lowest BCUT2D eigenvalue weighted by Gasteiger charge is -2.02. The van der Waals surface area contributed by atoms with Gasteiger partial charge in [-0.15, -0.1) is 0 Å². The third-order valence-corrected chi connectivity index (χ3v) is 3.29. The number of hydrogen-bond acceptors (Lipinski definition) is 1.